The Morgan fingerprint density at radius 2 is 2.22 bits per heavy atom. The van der Waals surface area contributed by atoms with Gasteiger partial charge in [-0.2, -0.15) is 0 Å². The summed E-state index contributed by atoms with van der Waals surface area (Å²) >= 11 is 0. The number of nitrogens with one attached hydrogen (secondary N) is 3. The van der Waals surface area contributed by atoms with E-state index in [0.717, 1.165) is 12.1 Å². The van der Waals surface area contributed by atoms with Crippen molar-refractivity contribution in [3.8, 4) is 0 Å². The first-order valence-corrected chi connectivity index (χ1v) is 9.27. The highest BCUT2D eigenvalue weighted by Gasteiger charge is 2.17. The molecule has 1 heterocycles. The van der Waals surface area contributed by atoms with E-state index in [0.29, 0.717) is 31.0 Å². The second-order valence-corrected chi connectivity index (χ2v) is 7.52. The van der Waals surface area contributed by atoms with Gasteiger partial charge in [0.2, 0.25) is 15.9 Å². The number of ether oxygens (including phenoxy) is 1. The Morgan fingerprint density at radius 1 is 1.43 bits per heavy atom. The molecule has 1 aromatic carbocycles. The van der Waals surface area contributed by atoms with Crippen molar-refractivity contribution in [1.82, 2.24) is 5.32 Å². The van der Waals surface area contributed by atoms with E-state index < -0.39 is 10.0 Å². The first kappa shape index (κ1) is 17.7. The van der Waals surface area contributed by atoms with Crippen LogP contribution >= 0.6 is 0 Å². The van der Waals surface area contributed by atoms with Gasteiger partial charge in [0, 0.05) is 24.7 Å². The van der Waals surface area contributed by atoms with Crippen molar-refractivity contribution in [2.45, 2.75) is 26.3 Å². The van der Waals surface area contributed by atoms with Gasteiger partial charge < -0.3 is 15.4 Å². The van der Waals surface area contributed by atoms with Gasteiger partial charge in [-0.25, -0.2) is 8.42 Å². The number of sulfonamides is 1. The summed E-state index contributed by atoms with van der Waals surface area (Å²) in [6, 6.07) is 5.11. The van der Waals surface area contributed by atoms with Crippen molar-refractivity contribution in [2.75, 3.05) is 35.6 Å². The lowest BCUT2D eigenvalue weighted by atomic mass is 10.1. The number of amides is 1. The number of anilines is 2. The third kappa shape index (κ3) is 5.49. The molecule has 0 radical (unpaired) electrons. The number of carbonyl (C=O) groups excluding carboxylic acids is 1. The summed E-state index contributed by atoms with van der Waals surface area (Å²) in [5, 5.41) is 6.05. The zero-order valence-corrected chi connectivity index (χ0v) is 14.2. The van der Waals surface area contributed by atoms with Crippen LogP contribution in [0.15, 0.2) is 18.2 Å². The maximum absolute atomic E-state index is 12.0. The van der Waals surface area contributed by atoms with Gasteiger partial charge >= 0.3 is 0 Å². The number of carbonyl (C=O) groups is 1. The summed E-state index contributed by atoms with van der Waals surface area (Å²) in [5.74, 6) is -0.0872. The van der Waals surface area contributed by atoms with Crippen LogP contribution in [-0.4, -0.2) is 45.9 Å². The molecule has 23 heavy (non-hydrogen) atoms. The fraction of sp³-hybridized carbons (Fsp3) is 0.533. The lowest BCUT2D eigenvalue weighted by molar-refractivity contribution is -0.117. The Hall–Kier alpha value is -1.64. The Balaban J connectivity index is 1.95. The summed E-state index contributed by atoms with van der Waals surface area (Å²) < 4.78 is 31.0. The third-order valence-corrected chi connectivity index (χ3v) is 4.88. The predicted molar refractivity (Wildman–Crippen MR) is 90.1 cm³/mol. The fourth-order valence-corrected chi connectivity index (χ4v) is 2.99. The molecule has 128 valence electrons. The van der Waals surface area contributed by atoms with E-state index in [9.17, 15) is 13.2 Å². The van der Waals surface area contributed by atoms with E-state index >= 15 is 0 Å². The van der Waals surface area contributed by atoms with Crippen LogP contribution in [-0.2, 0) is 19.6 Å². The predicted octanol–water partition coefficient (Wildman–Crippen LogP) is 1.07. The highest BCUT2D eigenvalue weighted by Crippen LogP contribution is 2.21. The molecule has 3 N–H and O–H groups in total. The lowest BCUT2D eigenvalue weighted by Crippen LogP contribution is -2.43. The summed E-state index contributed by atoms with van der Waals surface area (Å²) in [7, 11) is -3.31. The van der Waals surface area contributed by atoms with E-state index in [1.807, 2.05) is 0 Å². The minimum atomic E-state index is -3.31. The molecule has 2 rings (SSSR count). The molecular formula is C15H23N3O4S. The highest BCUT2D eigenvalue weighted by molar-refractivity contribution is 7.92. The summed E-state index contributed by atoms with van der Waals surface area (Å²) in [6.45, 7) is 5.33. The van der Waals surface area contributed by atoms with Gasteiger partial charge in [0.25, 0.3) is 0 Å². The average molecular weight is 341 g/mol. The van der Waals surface area contributed by atoms with Gasteiger partial charge in [0.15, 0.2) is 0 Å². The number of morpholine rings is 1. The van der Waals surface area contributed by atoms with Crippen LogP contribution in [0.3, 0.4) is 0 Å². The largest absolute Gasteiger partial charge is 0.378 e. The number of rotatable bonds is 6. The molecule has 0 bridgehead atoms. The monoisotopic (exact) mass is 341 g/mol. The highest BCUT2D eigenvalue weighted by atomic mass is 32.2. The molecule has 1 aliphatic rings. The third-order valence-electron chi connectivity index (χ3n) is 3.59. The molecule has 8 heteroatoms. The zero-order chi connectivity index (χ0) is 16.9. The Labute approximate surface area is 136 Å². The minimum absolute atomic E-state index is 0.0153. The molecule has 0 aromatic heterocycles. The molecule has 0 spiro atoms. The number of hydrogen-bond donors (Lipinski definition) is 3. The molecule has 0 saturated carbocycles. The van der Waals surface area contributed by atoms with Gasteiger partial charge in [-0.3, -0.25) is 9.52 Å². The van der Waals surface area contributed by atoms with Crippen LogP contribution in [0.4, 0.5) is 11.4 Å². The van der Waals surface area contributed by atoms with E-state index in [2.05, 4.69) is 15.4 Å². The molecule has 1 unspecified atom stereocenters. The van der Waals surface area contributed by atoms with Gasteiger partial charge in [0.1, 0.15) is 0 Å². The van der Waals surface area contributed by atoms with E-state index in [1.165, 1.54) is 0 Å². The normalized spacial score (nSPS) is 18.4. The Bertz CT molecular complexity index is 655. The molecule has 1 saturated heterocycles. The second-order valence-electron chi connectivity index (χ2n) is 5.51. The summed E-state index contributed by atoms with van der Waals surface area (Å²) in [5.41, 5.74) is 1.91. The van der Waals surface area contributed by atoms with Crippen molar-refractivity contribution in [2.24, 2.45) is 0 Å². The SMILES string of the molecule is CCS(=O)(=O)Nc1ccc(NC(=O)CC2COCCN2)cc1C. The van der Waals surface area contributed by atoms with Crippen LogP contribution in [0.5, 0.6) is 0 Å². The molecule has 1 aromatic rings. The maximum Gasteiger partial charge on any atom is 0.232 e. The standard InChI is InChI=1S/C15H23N3O4S/c1-3-23(20,21)18-14-5-4-12(8-11(14)2)17-15(19)9-13-10-22-7-6-16-13/h4-5,8,13,16,18H,3,6-7,9-10H2,1-2H3,(H,17,19). The van der Waals surface area contributed by atoms with Gasteiger partial charge in [-0.15, -0.1) is 0 Å². The second kappa shape index (κ2) is 7.76. The molecule has 1 aliphatic heterocycles. The van der Waals surface area contributed by atoms with Crippen molar-refractivity contribution in [3.63, 3.8) is 0 Å². The summed E-state index contributed by atoms with van der Waals surface area (Å²) in [6.07, 6.45) is 0.337. The van der Waals surface area contributed by atoms with E-state index in [-0.39, 0.29) is 17.7 Å². The van der Waals surface area contributed by atoms with Gasteiger partial charge in [0.05, 0.1) is 24.7 Å². The Morgan fingerprint density at radius 3 is 2.83 bits per heavy atom. The van der Waals surface area contributed by atoms with Crippen LogP contribution < -0.4 is 15.4 Å². The molecule has 0 aliphatic carbocycles. The van der Waals surface area contributed by atoms with E-state index in [1.54, 1.807) is 32.0 Å². The van der Waals surface area contributed by atoms with Crippen LogP contribution in [0.25, 0.3) is 0 Å². The van der Waals surface area contributed by atoms with Crippen molar-refractivity contribution in [1.29, 1.82) is 0 Å². The van der Waals surface area contributed by atoms with Crippen molar-refractivity contribution in [3.05, 3.63) is 23.8 Å². The first-order valence-electron chi connectivity index (χ1n) is 7.62. The number of hydrogen-bond acceptors (Lipinski definition) is 5. The van der Waals surface area contributed by atoms with Crippen LogP contribution in [0, 0.1) is 6.92 Å². The first-order chi connectivity index (χ1) is 10.9. The average Bonchev–Trinajstić information content (AvgIpc) is 2.51. The quantitative estimate of drug-likeness (QED) is 0.719. The van der Waals surface area contributed by atoms with Crippen molar-refractivity contribution >= 4 is 27.3 Å². The zero-order valence-electron chi connectivity index (χ0n) is 13.4. The minimum Gasteiger partial charge on any atom is -0.378 e. The molecule has 7 nitrogen and oxygen atoms in total. The number of aryl methyl sites for hydroxylation is 1. The van der Waals surface area contributed by atoms with Crippen LogP contribution in [0.2, 0.25) is 0 Å². The van der Waals surface area contributed by atoms with E-state index in [4.69, 9.17) is 4.74 Å². The van der Waals surface area contributed by atoms with Gasteiger partial charge in [-0.1, -0.05) is 0 Å². The maximum atomic E-state index is 12.0. The topological polar surface area (TPSA) is 96.5 Å². The molecule has 1 fully saturated rings. The van der Waals surface area contributed by atoms with Crippen molar-refractivity contribution < 1.29 is 17.9 Å². The fourth-order valence-electron chi connectivity index (χ4n) is 2.28. The smallest absolute Gasteiger partial charge is 0.232 e. The molecular weight excluding hydrogens is 318 g/mol. The number of benzene rings is 1. The molecule has 1 atom stereocenters. The lowest BCUT2D eigenvalue weighted by Gasteiger charge is -2.23. The molecule has 1 amide bonds. The summed E-state index contributed by atoms with van der Waals surface area (Å²) in [4.78, 5) is 12.0. The van der Waals surface area contributed by atoms with Crippen LogP contribution in [0.1, 0.15) is 18.9 Å². The Kier molecular flexibility index (Phi) is 5.97. The van der Waals surface area contributed by atoms with Gasteiger partial charge in [-0.05, 0) is 37.6 Å².